The molecule has 2 aliphatic rings. The monoisotopic (exact) mass is 469 g/mol. The van der Waals surface area contributed by atoms with Crippen LogP contribution in [-0.4, -0.2) is 44.6 Å². The van der Waals surface area contributed by atoms with E-state index in [4.69, 9.17) is 0 Å². The highest BCUT2D eigenvalue weighted by molar-refractivity contribution is 5.82. The third-order valence-electron chi connectivity index (χ3n) is 6.01. The van der Waals surface area contributed by atoms with Gasteiger partial charge in [-0.2, -0.15) is 8.78 Å². The van der Waals surface area contributed by atoms with E-state index in [0.29, 0.717) is 47.7 Å². The van der Waals surface area contributed by atoms with Gasteiger partial charge in [-0.25, -0.2) is 8.78 Å². The maximum absolute atomic E-state index is 14.5. The van der Waals surface area contributed by atoms with Crippen molar-refractivity contribution in [2.75, 3.05) is 0 Å². The number of halogens is 4. The first-order valence-corrected chi connectivity index (χ1v) is 10.4. The molecule has 0 aliphatic carbocycles. The fourth-order valence-corrected chi connectivity index (χ4v) is 4.25. The summed E-state index contributed by atoms with van der Waals surface area (Å²) >= 11 is 0. The number of alkyl halides is 2. The van der Waals surface area contributed by atoms with E-state index in [1.54, 1.807) is 23.1 Å². The van der Waals surface area contributed by atoms with Crippen LogP contribution in [0.15, 0.2) is 36.4 Å². The lowest BCUT2D eigenvalue weighted by molar-refractivity contribution is -0.139. The number of hydrogen-bond donors (Lipinski definition) is 5. The fourth-order valence-electron chi connectivity index (χ4n) is 4.25. The third kappa shape index (κ3) is 4.59. The quantitative estimate of drug-likeness (QED) is 0.325. The van der Waals surface area contributed by atoms with Crippen LogP contribution in [-0.2, 0) is 23.8 Å². The van der Waals surface area contributed by atoms with Crippen LogP contribution in [0.1, 0.15) is 41.3 Å². The molecule has 0 bridgehead atoms. The number of fused-ring (bicyclic) bond motifs is 1. The van der Waals surface area contributed by atoms with Gasteiger partial charge in [0.1, 0.15) is 24.1 Å². The van der Waals surface area contributed by atoms with Crippen LogP contribution in [0.5, 0.6) is 0 Å². The highest BCUT2D eigenvalue weighted by Gasteiger charge is 2.43. The third-order valence-corrected chi connectivity index (χ3v) is 6.01. The topological polar surface area (TPSA) is 105 Å². The van der Waals surface area contributed by atoms with Gasteiger partial charge < -0.3 is 20.6 Å². The zero-order valence-corrected chi connectivity index (χ0v) is 17.3. The largest absolute Gasteiger partial charge is 0.374 e. The summed E-state index contributed by atoms with van der Waals surface area (Å²) in [7, 11) is 0. The zero-order chi connectivity index (χ0) is 23.9. The van der Waals surface area contributed by atoms with Gasteiger partial charge in [0.25, 0.3) is 0 Å². The molecule has 11 heteroatoms. The summed E-state index contributed by atoms with van der Waals surface area (Å²) in [5.74, 6) is -6.88. The van der Waals surface area contributed by atoms with Crippen LogP contribution in [0.4, 0.5) is 17.6 Å². The van der Waals surface area contributed by atoms with Crippen molar-refractivity contribution in [1.82, 2.24) is 15.5 Å². The second-order valence-corrected chi connectivity index (χ2v) is 8.23. The number of aliphatic hydroxyl groups excluding tert-OH is 3. The average Bonchev–Trinajstić information content (AvgIpc) is 3.07. The molecule has 1 fully saturated rings. The molecule has 2 heterocycles. The summed E-state index contributed by atoms with van der Waals surface area (Å²) in [5.41, 5.74) is 0.636. The fraction of sp³-hybridized carbons (Fsp3) is 0.409. The number of piperidine rings is 1. The minimum atomic E-state index is -4.01. The van der Waals surface area contributed by atoms with Gasteiger partial charge in [-0.05, 0) is 41.7 Å². The van der Waals surface area contributed by atoms with Crippen molar-refractivity contribution in [3.63, 3.8) is 0 Å². The molecule has 2 aliphatic heterocycles. The normalized spacial score (nSPS) is 24.5. The van der Waals surface area contributed by atoms with E-state index in [0.717, 1.165) is 0 Å². The Bertz CT molecular complexity index is 1050. The van der Waals surface area contributed by atoms with E-state index in [1.807, 2.05) is 0 Å². The summed E-state index contributed by atoms with van der Waals surface area (Å²) < 4.78 is 55.7. The number of nitrogens with zero attached hydrogens (tertiary/aromatic N) is 1. The second kappa shape index (κ2) is 8.99. The average molecular weight is 469 g/mol. The van der Waals surface area contributed by atoms with E-state index >= 15 is 0 Å². The van der Waals surface area contributed by atoms with Crippen LogP contribution in [0.25, 0.3) is 0 Å². The minimum absolute atomic E-state index is 0.195. The van der Waals surface area contributed by atoms with Gasteiger partial charge in [0.2, 0.25) is 5.91 Å². The number of hydrogen-bond acceptors (Lipinski definition) is 6. The lowest BCUT2D eigenvalue weighted by Gasteiger charge is -2.34. The number of nitrogens with one attached hydrogen (secondary N) is 2. The Morgan fingerprint density at radius 1 is 1.15 bits per heavy atom. The van der Waals surface area contributed by atoms with Crippen molar-refractivity contribution in [3.8, 4) is 0 Å². The summed E-state index contributed by atoms with van der Waals surface area (Å²) in [6.45, 7) is 0.0388. The lowest BCUT2D eigenvalue weighted by atomic mass is 10.0. The standard InChI is InChI=1S/C22H23F4N3O4/c23-13-2-4-15(16(24)8-13)22(25,26)21(33)27-9-11-1-3-14-12(7-11)10-29(20(14)32)17-5-6-18(30)28-19(17)31/h1-4,7-8,17-18,20-21,27,30,32-33H,5-6,9-10H2,(H,28,31)/t17?,18?,20-,21+/m0/s1. The molecule has 0 radical (unpaired) electrons. The van der Waals surface area contributed by atoms with Crippen LogP contribution in [0.3, 0.4) is 0 Å². The summed E-state index contributed by atoms with van der Waals surface area (Å²) in [6.07, 6.45) is -3.67. The number of carbonyl (C=O) groups excluding carboxylic acids is 1. The van der Waals surface area contributed by atoms with Crippen LogP contribution in [0, 0.1) is 11.6 Å². The Morgan fingerprint density at radius 3 is 2.61 bits per heavy atom. The predicted octanol–water partition coefficient (Wildman–Crippen LogP) is 1.57. The molecule has 4 rings (SSSR count). The molecule has 1 amide bonds. The highest BCUT2D eigenvalue weighted by Crippen LogP contribution is 2.36. The van der Waals surface area contributed by atoms with Gasteiger partial charge in [-0.3, -0.25) is 15.0 Å². The molecule has 7 nitrogen and oxygen atoms in total. The van der Waals surface area contributed by atoms with Crippen molar-refractivity contribution in [1.29, 1.82) is 0 Å². The molecule has 0 aromatic heterocycles. The van der Waals surface area contributed by atoms with Gasteiger partial charge in [0.15, 0.2) is 6.23 Å². The minimum Gasteiger partial charge on any atom is -0.374 e. The Labute approximate surface area is 186 Å². The van der Waals surface area contributed by atoms with E-state index in [-0.39, 0.29) is 19.0 Å². The van der Waals surface area contributed by atoms with Crippen LogP contribution >= 0.6 is 0 Å². The molecule has 0 spiro atoms. The molecule has 33 heavy (non-hydrogen) atoms. The van der Waals surface area contributed by atoms with Gasteiger partial charge in [-0.15, -0.1) is 0 Å². The highest BCUT2D eigenvalue weighted by atomic mass is 19.3. The summed E-state index contributed by atoms with van der Waals surface area (Å²) in [4.78, 5) is 13.8. The van der Waals surface area contributed by atoms with E-state index < -0.39 is 47.8 Å². The smallest absolute Gasteiger partial charge is 0.314 e. The SMILES string of the molecule is O=C1NC(O)CCC1N1Cc2cc(CN[C@H](O)C(F)(F)c3ccc(F)cc3F)ccc2[C@@H]1O. The molecule has 2 unspecified atom stereocenters. The van der Waals surface area contributed by atoms with Crippen molar-refractivity contribution in [2.45, 2.75) is 56.6 Å². The van der Waals surface area contributed by atoms with Gasteiger partial charge in [-0.1, -0.05) is 18.2 Å². The van der Waals surface area contributed by atoms with Crippen molar-refractivity contribution < 1.29 is 37.7 Å². The summed E-state index contributed by atoms with van der Waals surface area (Å²) in [5, 5.41) is 34.8. The van der Waals surface area contributed by atoms with Crippen molar-refractivity contribution in [2.24, 2.45) is 0 Å². The molecule has 5 N–H and O–H groups in total. The number of benzene rings is 2. The molecule has 0 saturated carbocycles. The first-order valence-electron chi connectivity index (χ1n) is 10.4. The Morgan fingerprint density at radius 2 is 1.91 bits per heavy atom. The van der Waals surface area contributed by atoms with E-state index in [9.17, 15) is 37.7 Å². The molecule has 2 aromatic rings. The first kappa shape index (κ1) is 23.6. The molecular formula is C22H23F4N3O4. The van der Waals surface area contributed by atoms with Crippen LogP contribution < -0.4 is 10.6 Å². The number of aliphatic hydroxyl groups is 3. The Kier molecular flexibility index (Phi) is 6.43. The molecule has 2 aromatic carbocycles. The predicted molar refractivity (Wildman–Crippen MR) is 107 cm³/mol. The Balaban J connectivity index is 1.43. The maximum Gasteiger partial charge on any atom is 0.314 e. The molecule has 178 valence electrons. The Hall–Kier alpha value is -2.57. The molecule has 1 saturated heterocycles. The molecular weight excluding hydrogens is 446 g/mol. The maximum atomic E-state index is 14.5. The number of carbonyl (C=O) groups is 1. The van der Waals surface area contributed by atoms with Gasteiger partial charge in [0.05, 0.1) is 11.6 Å². The van der Waals surface area contributed by atoms with Gasteiger partial charge >= 0.3 is 5.92 Å². The van der Waals surface area contributed by atoms with Gasteiger partial charge in [0, 0.05) is 19.2 Å². The van der Waals surface area contributed by atoms with E-state index in [1.165, 1.54) is 0 Å². The molecule has 4 atom stereocenters. The summed E-state index contributed by atoms with van der Waals surface area (Å²) in [6, 6.07) is 5.81. The number of amides is 1. The van der Waals surface area contributed by atoms with Crippen molar-refractivity contribution in [3.05, 3.63) is 70.3 Å². The number of rotatable bonds is 6. The van der Waals surface area contributed by atoms with E-state index in [2.05, 4.69) is 10.6 Å². The lowest BCUT2D eigenvalue weighted by Crippen LogP contribution is -2.53. The van der Waals surface area contributed by atoms with Crippen LogP contribution in [0.2, 0.25) is 0 Å². The van der Waals surface area contributed by atoms with Crippen molar-refractivity contribution >= 4 is 5.91 Å². The second-order valence-electron chi connectivity index (χ2n) is 8.23. The zero-order valence-electron chi connectivity index (χ0n) is 17.3. The first-order chi connectivity index (χ1) is 15.6.